The third-order valence-corrected chi connectivity index (χ3v) is 3.70. The van der Waals surface area contributed by atoms with Gasteiger partial charge in [-0.25, -0.2) is 0 Å². The van der Waals surface area contributed by atoms with Crippen molar-refractivity contribution in [3.63, 3.8) is 0 Å². The molecule has 1 aromatic rings. The van der Waals surface area contributed by atoms with Crippen LogP contribution in [0.25, 0.3) is 0 Å². The Morgan fingerprint density at radius 2 is 2.06 bits per heavy atom. The van der Waals surface area contributed by atoms with Gasteiger partial charge in [-0.2, -0.15) is 0 Å². The molecule has 0 saturated carbocycles. The summed E-state index contributed by atoms with van der Waals surface area (Å²) in [7, 11) is 0. The second-order valence-electron chi connectivity index (χ2n) is 3.88. The van der Waals surface area contributed by atoms with Crippen molar-refractivity contribution in [2.24, 2.45) is 10.8 Å². The van der Waals surface area contributed by atoms with Gasteiger partial charge in [0.05, 0.1) is 0 Å². The van der Waals surface area contributed by atoms with Gasteiger partial charge in [0.1, 0.15) is 0 Å². The molecule has 0 aromatic carbocycles. The molecular weight excluding hydrogens is 417 g/mol. The van der Waals surface area contributed by atoms with Crippen molar-refractivity contribution in [2.45, 2.75) is 0 Å². The monoisotopic (exact) mass is 430 g/mol. The molecule has 1 aliphatic rings. The van der Waals surface area contributed by atoms with Gasteiger partial charge < -0.3 is 0 Å². The van der Waals surface area contributed by atoms with E-state index in [9.17, 15) is 0 Å². The summed E-state index contributed by atoms with van der Waals surface area (Å²) < 4.78 is 2.02. The number of rotatable bonds is 1. The molecule has 2 rings (SSSR count). The number of hydrogen-bond donors (Lipinski definition) is 1. The second kappa shape index (κ2) is 5.94. The third kappa shape index (κ3) is 3.28. The molecular formula is C13H13N4Tl. The minimum absolute atomic E-state index is 0.628. The van der Waals surface area contributed by atoms with Gasteiger partial charge in [0.2, 0.25) is 0 Å². The molecule has 0 saturated heterocycles. The molecule has 4 nitrogen and oxygen atoms in total. The van der Waals surface area contributed by atoms with E-state index >= 15 is 0 Å². The molecule has 0 spiro atoms. The first-order valence-electron chi connectivity index (χ1n) is 5.51. The Labute approximate surface area is 123 Å². The molecule has 1 aromatic heterocycles. The van der Waals surface area contributed by atoms with Crippen LogP contribution in [0.4, 0.5) is 0 Å². The summed E-state index contributed by atoms with van der Waals surface area (Å²) in [5.74, 6) is 0. The Morgan fingerprint density at radius 3 is 2.78 bits per heavy atom. The summed E-state index contributed by atoms with van der Waals surface area (Å²) in [4.78, 5) is 4.02. The van der Waals surface area contributed by atoms with Crippen LogP contribution in [0.1, 0.15) is 5.56 Å². The maximum atomic E-state index is 5.89. The molecule has 0 bridgehead atoms. The van der Waals surface area contributed by atoms with E-state index in [0.717, 1.165) is 23.4 Å². The Balaban J connectivity index is 2.45. The number of allylic oxidation sites excluding steroid dienone is 3. The van der Waals surface area contributed by atoms with Crippen LogP contribution < -0.4 is 5.73 Å². The predicted molar refractivity (Wildman–Crippen MR) is 73.8 cm³/mol. The van der Waals surface area contributed by atoms with Gasteiger partial charge >= 0.3 is 123 Å². The summed E-state index contributed by atoms with van der Waals surface area (Å²) in [6.45, 7) is 4.83. The Morgan fingerprint density at radius 1 is 1.33 bits per heavy atom. The van der Waals surface area contributed by atoms with E-state index < -0.39 is 0 Å². The van der Waals surface area contributed by atoms with Crippen molar-refractivity contribution in [1.29, 1.82) is 0 Å². The van der Waals surface area contributed by atoms with E-state index in [4.69, 9.17) is 5.73 Å². The second-order valence-corrected chi connectivity index (χ2v) is 6.20. The summed E-state index contributed by atoms with van der Waals surface area (Å²) in [6.07, 6.45) is 9.26. The molecule has 88 valence electrons. The molecule has 0 amide bonds. The number of pyridine rings is 1. The molecule has 18 heavy (non-hydrogen) atoms. The molecule has 2 heterocycles. The number of aromatic nitrogens is 1. The molecule has 0 fully saturated rings. The number of nitrogens with two attached hydrogens (primary N) is 1. The van der Waals surface area contributed by atoms with Crippen molar-refractivity contribution in [3.8, 4) is 0 Å². The fraction of sp³-hybridized carbons (Fsp3) is 0.0769. The number of hydrazone groups is 1. The van der Waals surface area contributed by atoms with E-state index in [-0.39, 0.29) is 0 Å². The van der Waals surface area contributed by atoms with Gasteiger partial charge in [0, 0.05) is 0 Å². The zero-order chi connectivity index (χ0) is 13.0. The van der Waals surface area contributed by atoms with Crippen molar-refractivity contribution in [1.82, 2.24) is 7.80 Å². The zero-order valence-electron chi connectivity index (χ0n) is 9.95. The van der Waals surface area contributed by atoms with Gasteiger partial charge in [-0.1, -0.05) is 0 Å². The summed E-state index contributed by atoms with van der Waals surface area (Å²) in [5.41, 5.74) is 9.26. The van der Waals surface area contributed by atoms with Crippen molar-refractivity contribution < 1.29 is 0 Å². The van der Waals surface area contributed by atoms with Crippen LogP contribution in [0.15, 0.2) is 65.7 Å². The molecule has 2 N–H and O–H groups in total. The van der Waals surface area contributed by atoms with Gasteiger partial charge in [-0.05, 0) is 0 Å². The molecule has 5 heteroatoms. The first kappa shape index (κ1) is 13.0. The third-order valence-electron chi connectivity index (χ3n) is 2.43. The molecule has 0 aliphatic carbocycles. The Kier molecular flexibility index (Phi) is 4.29. The minimum atomic E-state index is 0.628. The van der Waals surface area contributed by atoms with Crippen LogP contribution in [0.2, 0.25) is 0 Å². The van der Waals surface area contributed by atoms with E-state index in [1.54, 1.807) is 12.4 Å². The predicted octanol–water partition coefficient (Wildman–Crippen LogP) is 1.14. The Bertz CT molecular complexity index is 531. The van der Waals surface area contributed by atoms with Gasteiger partial charge in [-0.15, -0.1) is 0 Å². The number of hydrogen-bond acceptors (Lipinski definition) is 4. The van der Waals surface area contributed by atoms with Crippen molar-refractivity contribution in [3.05, 3.63) is 66.2 Å². The van der Waals surface area contributed by atoms with Gasteiger partial charge in [0.15, 0.2) is 0 Å². The summed E-state index contributed by atoms with van der Waals surface area (Å²) in [5, 5.41) is 4.63. The van der Waals surface area contributed by atoms with Crippen molar-refractivity contribution in [2.75, 3.05) is 6.54 Å². The van der Waals surface area contributed by atoms with Crippen molar-refractivity contribution >= 4 is 31.8 Å². The average molecular weight is 430 g/mol. The Hall–Kier alpha value is -1.44. The molecule has 0 atom stereocenters. The van der Waals surface area contributed by atoms with Crippen LogP contribution in [0, 0.1) is 0 Å². The van der Waals surface area contributed by atoms with Crippen LogP contribution in [0.3, 0.4) is 0 Å². The first-order valence-corrected chi connectivity index (χ1v) is 7.52. The quantitative estimate of drug-likeness (QED) is 0.681. The number of nitrogens with zero attached hydrogens (tertiary/aromatic N) is 3. The SMILES string of the molecule is C=C1/C=C(N)\C=C/C[N]([Tl])/N=C\1c1ccncc1. The van der Waals surface area contributed by atoms with Crippen LogP contribution in [-0.4, -0.2) is 46.1 Å². The normalized spacial score (nSPS) is 23.9. The summed E-state index contributed by atoms with van der Waals surface area (Å²) in [6, 6.07) is 3.86. The van der Waals surface area contributed by atoms with Crippen LogP contribution >= 0.6 is 0 Å². The fourth-order valence-electron chi connectivity index (χ4n) is 1.60. The maximum absolute atomic E-state index is 5.89. The zero-order valence-corrected chi connectivity index (χ0v) is 14.4. The summed E-state index contributed by atoms with van der Waals surface area (Å²) >= 11 is 0.628. The van der Waals surface area contributed by atoms with E-state index in [1.807, 2.05) is 33.2 Å². The van der Waals surface area contributed by atoms with Crippen LogP contribution in [0.5, 0.6) is 0 Å². The standard InChI is InChI=1S/C13H13N4.Tl/c1-10-9-12(14)3-2-6-16-17-13(10)11-4-7-15-8-5-11;/h2-5,7-9H,1,6,14H2;/q-1;+1/b3-2-,12-9+,17-13+;. The average Bonchev–Trinajstić information content (AvgIpc) is 2.41. The first-order chi connectivity index (χ1) is 8.66. The van der Waals surface area contributed by atoms with Crippen LogP contribution in [-0.2, 0) is 0 Å². The molecule has 1 aliphatic heterocycles. The van der Waals surface area contributed by atoms with E-state index in [2.05, 4.69) is 16.7 Å². The van der Waals surface area contributed by atoms with Gasteiger partial charge in [0.25, 0.3) is 0 Å². The van der Waals surface area contributed by atoms with E-state index in [0.29, 0.717) is 31.8 Å². The van der Waals surface area contributed by atoms with E-state index in [1.165, 1.54) is 0 Å². The molecule has 0 radical (unpaired) electrons. The van der Waals surface area contributed by atoms with Gasteiger partial charge in [-0.3, -0.25) is 0 Å². The molecule has 0 unspecified atom stereocenters. The topological polar surface area (TPSA) is 54.5 Å². The fourth-order valence-corrected chi connectivity index (χ4v) is 2.52.